The summed E-state index contributed by atoms with van der Waals surface area (Å²) in [7, 11) is 0. The van der Waals surface area contributed by atoms with Crippen LogP contribution in [0.15, 0.2) is 16.8 Å². The first kappa shape index (κ1) is 16.8. The summed E-state index contributed by atoms with van der Waals surface area (Å²) in [6.45, 7) is -0.661. The first-order valence-corrected chi connectivity index (χ1v) is 7.54. The van der Waals surface area contributed by atoms with Crippen LogP contribution in [0.1, 0.15) is 23.2 Å². The van der Waals surface area contributed by atoms with Crippen molar-refractivity contribution in [1.82, 2.24) is 10.2 Å². The fraction of sp³-hybridized carbons (Fsp3) is 0.538. The second-order valence-electron chi connectivity index (χ2n) is 5.10. The molecule has 0 aliphatic carbocycles. The number of carbonyl (C=O) groups is 2. The lowest BCUT2D eigenvalue weighted by Crippen LogP contribution is -2.55. The number of likely N-dealkylation sites (tertiary alicyclic amines) is 1. The molecule has 22 heavy (non-hydrogen) atoms. The zero-order chi connectivity index (χ0) is 16.4. The van der Waals surface area contributed by atoms with Gasteiger partial charge in [0.25, 0.3) is 5.91 Å². The summed E-state index contributed by atoms with van der Waals surface area (Å²) in [6, 6.07) is 1.61. The summed E-state index contributed by atoms with van der Waals surface area (Å²) >= 11 is 1.34. The van der Waals surface area contributed by atoms with Crippen molar-refractivity contribution >= 4 is 23.2 Å². The molecule has 0 aromatic carbocycles. The van der Waals surface area contributed by atoms with Crippen molar-refractivity contribution in [3.8, 4) is 0 Å². The van der Waals surface area contributed by atoms with Crippen LogP contribution in [0.4, 0.5) is 13.2 Å². The molecule has 0 unspecified atom stereocenters. The molecule has 2 N–H and O–H groups in total. The number of aliphatic hydroxyl groups is 1. The number of hydrogen-bond donors (Lipinski definition) is 2. The van der Waals surface area contributed by atoms with E-state index in [1.807, 2.05) is 0 Å². The third-order valence-electron chi connectivity index (χ3n) is 3.65. The second-order valence-corrected chi connectivity index (χ2v) is 5.88. The van der Waals surface area contributed by atoms with E-state index in [4.69, 9.17) is 0 Å². The van der Waals surface area contributed by atoms with Gasteiger partial charge in [0, 0.05) is 36.9 Å². The van der Waals surface area contributed by atoms with Gasteiger partial charge in [0.05, 0.1) is 6.54 Å². The van der Waals surface area contributed by atoms with E-state index in [2.05, 4.69) is 5.32 Å². The van der Waals surface area contributed by atoms with Gasteiger partial charge in [-0.3, -0.25) is 9.59 Å². The molecule has 5 nitrogen and oxygen atoms in total. The number of carbonyl (C=O) groups excluding carboxylic acids is 2. The predicted octanol–water partition coefficient (Wildman–Crippen LogP) is 1.39. The number of thiophene rings is 1. The van der Waals surface area contributed by atoms with Gasteiger partial charge in [0.1, 0.15) is 0 Å². The lowest BCUT2D eigenvalue weighted by atomic mass is 9.91. The molecule has 2 heterocycles. The molecule has 1 aromatic heterocycles. The van der Waals surface area contributed by atoms with Gasteiger partial charge in [0.15, 0.2) is 5.60 Å². The van der Waals surface area contributed by atoms with E-state index in [0.29, 0.717) is 5.56 Å². The fourth-order valence-electron chi connectivity index (χ4n) is 2.17. The summed E-state index contributed by atoms with van der Waals surface area (Å²) in [5.41, 5.74) is -2.30. The normalized spacial score (nSPS) is 18.1. The minimum atomic E-state index is -4.70. The van der Waals surface area contributed by atoms with Crippen molar-refractivity contribution in [2.75, 3.05) is 19.6 Å². The number of amides is 2. The van der Waals surface area contributed by atoms with Gasteiger partial charge in [0.2, 0.25) is 5.91 Å². The number of halogens is 3. The average Bonchev–Trinajstić information content (AvgIpc) is 2.98. The molecule has 1 fully saturated rings. The topological polar surface area (TPSA) is 69.6 Å². The maximum atomic E-state index is 12.7. The van der Waals surface area contributed by atoms with Crippen molar-refractivity contribution in [2.24, 2.45) is 0 Å². The Kier molecular flexibility index (Phi) is 4.76. The van der Waals surface area contributed by atoms with E-state index < -0.39 is 36.4 Å². The Morgan fingerprint density at radius 3 is 2.50 bits per heavy atom. The highest BCUT2D eigenvalue weighted by Gasteiger charge is 2.54. The Bertz CT molecular complexity index is 537. The highest BCUT2D eigenvalue weighted by molar-refractivity contribution is 7.08. The highest BCUT2D eigenvalue weighted by atomic mass is 32.1. The largest absolute Gasteiger partial charge is 0.417 e. The van der Waals surface area contributed by atoms with Crippen molar-refractivity contribution in [2.45, 2.75) is 24.6 Å². The number of nitrogens with zero attached hydrogens (tertiary/aromatic N) is 1. The monoisotopic (exact) mass is 336 g/mol. The van der Waals surface area contributed by atoms with Crippen LogP contribution in [0.25, 0.3) is 0 Å². The van der Waals surface area contributed by atoms with Gasteiger partial charge in [-0.15, -0.1) is 0 Å². The zero-order valence-electron chi connectivity index (χ0n) is 11.5. The van der Waals surface area contributed by atoms with E-state index in [9.17, 15) is 27.9 Å². The van der Waals surface area contributed by atoms with E-state index in [-0.39, 0.29) is 19.6 Å². The summed E-state index contributed by atoms with van der Waals surface area (Å²) < 4.78 is 38.0. The fourth-order valence-corrected chi connectivity index (χ4v) is 2.81. The van der Waals surface area contributed by atoms with E-state index >= 15 is 0 Å². The molecule has 0 radical (unpaired) electrons. The number of nitrogens with one attached hydrogen (secondary N) is 1. The molecule has 0 atom stereocenters. The SMILES string of the molecule is O=C(NCC(=O)N1CCC(O)(C(F)(F)F)CC1)c1ccsc1. The first-order chi connectivity index (χ1) is 10.2. The zero-order valence-corrected chi connectivity index (χ0v) is 12.3. The minimum Gasteiger partial charge on any atom is -0.380 e. The predicted molar refractivity (Wildman–Crippen MR) is 73.5 cm³/mol. The van der Waals surface area contributed by atoms with Crippen LogP contribution in [0.5, 0.6) is 0 Å². The van der Waals surface area contributed by atoms with Crippen LogP contribution in [-0.2, 0) is 4.79 Å². The van der Waals surface area contributed by atoms with Crippen LogP contribution in [-0.4, -0.2) is 53.2 Å². The molecule has 1 aliphatic rings. The molecule has 2 amide bonds. The highest BCUT2D eigenvalue weighted by Crippen LogP contribution is 2.38. The third-order valence-corrected chi connectivity index (χ3v) is 4.34. The summed E-state index contributed by atoms with van der Waals surface area (Å²) in [5.74, 6) is -0.869. The summed E-state index contributed by atoms with van der Waals surface area (Å²) in [6.07, 6.45) is -5.81. The lowest BCUT2D eigenvalue weighted by molar-refractivity contribution is -0.272. The van der Waals surface area contributed by atoms with Gasteiger partial charge in [-0.05, 0) is 11.4 Å². The van der Waals surface area contributed by atoms with Gasteiger partial charge in [-0.1, -0.05) is 0 Å². The number of alkyl halides is 3. The molecule has 1 saturated heterocycles. The summed E-state index contributed by atoms with van der Waals surface area (Å²) in [5, 5.41) is 15.3. The summed E-state index contributed by atoms with van der Waals surface area (Å²) in [4.78, 5) is 24.8. The maximum absolute atomic E-state index is 12.7. The Balaban J connectivity index is 1.82. The molecular weight excluding hydrogens is 321 g/mol. The van der Waals surface area contributed by atoms with E-state index in [1.54, 1.807) is 16.8 Å². The van der Waals surface area contributed by atoms with Crippen LogP contribution in [0, 0.1) is 0 Å². The maximum Gasteiger partial charge on any atom is 0.417 e. The van der Waals surface area contributed by atoms with Gasteiger partial charge < -0.3 is 15.3 Å². The lowest BCUT2D eigenvalue weighted by Gasteiger charge is -2.39. The second kappa shape index (κ2) is 6.25. The van der Waals surface area contributed by atoms with E-state index in [1.165, 1.54) is 16.2 Å². The van der Waals surface area contributed by atoms with Crippen molar-refractivity contribution in [1.29, 1.82) is 0 Å². The van der Waals surface area contributed by atoms with Gasteiger partial charge >= 0.3 is 6.18 Å². The Morgan fingerprint density at radius 1 is 1.36 bits per heavy atom. The van der Waals surface area contributed by atoms with Gasteiger partial charge in [-0.25, -0.2) is 0 Å². The van der Waals surface area contributed by atoms with Gasteiger partial charge in [-0.2, -0.15) is 24.5 Å². The Morgan fingerprint density at radius 2 is 2.00 bits per heavy atom. The molecular formula is C13H15F3N2O3S. The molecule has 0 saturated carbocycles. The quantitative estimate of drug-likeness (QED) is 0.876. The molecule has 122 valence electrons. The molecule has 1 aromatic rings. The Labute approximate surface area is 128 Å². The third kappa shape index (κ3) is 3.58. The number of hydrogen-bond acceptors (Lipinski definition) is 4. The minimum absolute atomic E-state index is 0.191. The Hall–Kier alpha value is -1.61. The molecule has 0 spiro atoms. The van der Waals surface area contributed by atoms with Crippen LogP contribution < -0.4 is 5.32 Å². The van der Waals surface area contributed by atoms with Crippen molar-refractivity contribution < 1.29 is 27.9 Å². The van der Waals surface area contributed by atoms with Crippen LogP contribution in [0.2, 0.25) is 0 Å². The molecule has 0 bridgehead atoms. The van der Waals surface area contributed by atoms with Crippen molar-refractivity contribution in [3.63, 3.8) is 0 Å². The van der Waals surface area contributed by atoms with Crippen molar-refractivity contribution in [3.05, 3.63) is 22.4 Å². The number of rotatable bonds is 3. The standard InChI is InChI=1S/C13H15F3N2O3S/c14-13(15,16)12(21)2-4-18(5-3-12)10(19)7-17-11(20)9-1-6-22-8-9/h1,6,8,21H,2-5,7H2,(H,17,20). The number of piperidine rings is 1. The smallest absolute Gasteiger partial charge is 0.380 e. The van der Waals surface area contributed by atoms with Crippen LogP contribution in [0.3, 0.4) is 0 Å². The van der Waals surface area contributed by atoms with E-state index in [0.717, 1.165) is 0 Å². The van der Waals surface area contributed by atoms with Crippen LogP contribution >= 0.6 is 11.3 Å². The molecule has 1 aliphatic heterocycles. The molecule has 2 rings (SSSR count). The molecule has 9 heteroatoms. The average molecular weight is 336 g/mol. The first-order valence-electron chi connectivity index (χ1n) is 6.60.